The minimum Gasteiger partial charge on any atom is -0.466 e. The highest BCUT2D eigenvalue weighted by atomic mass is 16.5. The summed E-state index contributed by atoms with van der Waals surface area (Å²) in [6.07, 6.45) is 3.71. The van der Waals surface area contributed by atoms with Gasteiger partial charge >= 0.3 is 5.97 Å². The first kappa shape index (κ1) is 20.7. The molecule has 1 aliphatic carbocycles. The smallest absolute Gasteiger partial charge is 0.315 e. The summed E-state index contributed by atoms with van der Waals surface area (Å²) in [4.78, 5) is 43.1. The zero-order chi connectivity index (χ0) is 21.5. The van der Waals surface area contributed by atoms with Crippen molar-refractivity contribution in [3.05, 3.63) is 52.8 Å². The van der Waals surface area contributed by atoms with Crippen molar-refractivity contribution in [1.82, 2.24) is 20.8 Å². The van der Waals surface area contributed by atoms with Crippen molar-refractivity contribution >= 4 is 23.7 Å². The van der Waals surface area contributed by atoms with Gasteiger partial charge in [-0.05, 0) is 43.0 Å². The molecule has 1 heterocycles. The highest BCUT2D eigenvalue weighted by molar-refractivity contribution is 5.98. The summed E-state index contributed by atoms with van der Waals surface area (Å²) >= 11 is 0. The number of hydrogen-bond acceptors (Lipinski definition) is 8. The number of ether oxygens (including phenoxy) is 1. The zero-order valence-corrected chi connectivity index (χ0v) is 16.3. The Bertz CT molecular complexity index is 999. The molecule has 2 amide bonds. The Morgan fingerprint density at radius 3 is 2.60 bits per heavy atom. The van der Waals surface area contributed by atoms with Crippen LogP contribution in [-0.4, -0.2) is 40.4 Å². The van der Waals surface area contributed by atoms with Gasteiger partial charge in [0.25, 0.3) is 5.91 Å². The highest BCUT2D eigenvalue weighted by Gasteiger charge is 2.22. The molecule has 0 radical (unpaired) electrons. The molecule has 1 atom stereocenters. The van der Waals surface area contributed by atoms with Gasteiger partial charge in [0.05, 0.1) is 23.8 Å². The van der Waals surface area contributed by atoms with Crippen LogP contribution in [0, 0.1) is 11.3 Å². The van der Waals surface area contributed by atoms with Gasteiger partial charge in [0.2, 0.25) is 11.9 Å². The maximum absolute atomic E-state index is 12.1. The van der Waals surface area contributed by atoms with E-state index in [1.165, 1.54) is 18.0 Å². The maximum Gasteiger partial charge on any atom is 0.315 e. The van der Waals surface area contributed by atoms with E-state index in [1.807, 2.05) is 12.1 Å². The first-order chi connectivity index (χ1) is 14.5. The molecule has 10 heteroatoms. The molecule has 0 saturated carbocycles. The molecule has 10 nitrogen and oxygen atoms in total. The van der Waals surface area contributed by atoms with Crippen molar-refractivity contribution in [2.75, 3.05) is 11.9 Å². The molecule has 1 unspecified atom stereocenters. The van der Waals surface area contributed by atoms with E-state index in [0.29, 0.717) is 11.5 Å². The van der Waals surface area contributed by atoms with E-state index >= 15 is 0 Å². The number of fused-ring (bicyclic) bond motifs is 1. The second-order valence-corrected chi connectivity index (χ2v) is 6.62. The molecule has 30 heavy (non-hydrogen) atoms. The van der Waals surface area contributed by atoms with Crippen LogP contribution in [0.25, 0.3) is 0 Å². The third-order valence-corrected chi connectivity index (χ3v) is 4.44. The monoisotopic (exact) mass is 408 g/mol. The van der Waals surface area contributed by atoms with E-state index in [2.05, 4.69) is 36.9 Å². The number of anilines is 1. The first-order valence-electron chi connectivity index (χ1n) is 9.33. The van der Waals surface area contributed by atoms with E-state index in [4.69, 9.17) is 5.26 Å². The second kappa shape index (κ2) is 9.47. The Kier molecular flexibility index (Phi) is 6.54. The number of carbonyl (C=O) groups is 3. The van der Waals surface area contributed by atoms with Gasteiger partial charge in [-0.2, -0.15) is 5.26 Å². The van der Waals surface area contributed by atoms with Crippen molar-refractivity contribution in [2.24, 2.45) is 0 Å². The van der Waals surface area contributed by atoms with Gasteiger partial charge in [0.15, 0.2) is 0 Å². The van der Waals surface area contributed by atoms with Crippen LogP contribution in [0.2, 0.25) is 0 Å². The Morgan fingerprint density at radius 1 is 1.17 bits per heavy atom. The number of carbonyl (C=O) groups excluding carboxylic acids is 3. The third kappa shape index (κ3) is 5.29. The van der Waals surface area contributed by atoms with Gasteiger partial charge in [-0.1, -0.05) is 6.07 Å². The number of benzene rings is 1. The molecule has 0 fully saturated rings. The van der Waals surface area contributed by atoms with Crippen LogP contribution in [0.5, 0.6) is 0 Å². The van der Waals surface area contributed by atoms with Crippen LogP contribution in [0.1, 0.15) is 40.4 Å². The molecule has 2 aromatic rings. The maximum atomic E-state index is 12.1. The van der Waals surface area contributed by atoms with E-state index in [1.54, 1.807) is 13.0 Å². The van der Waals surface area contributed by atoms with Crippen molar-refractivity contribution in [3.63, 3.8) is 0 Å². The number of nitrogens with zero attached hydrogens (tertiary/aromatic N) is 3. The zero-order valence-electron chi connectivity index (χ0n) is 16.3. The summed E-state index contributed by atoms with van der Waals surface area (Å²) in [6.45, 7) is 1.80. The van der Waals surface area contributed by atoms with Gasteiger partial charge < -0.3 is 10.1 Å². The lowest BCUT2D eigenvalue weighted by atomic mass is 10.1. The number of hydrogen-bond donors (Lipinski definition) is 3. The highest BCUT2D eigenvalue weighted by Crippen LogP contribution is 2.24. The van der Waals surface area contributed by atoms with Gasteiger partial charge in [0, 0.05) is 18.4 Å². The number of nitrogens with one attached hydrogen (secondary N) is 3. The fourth-order valence-electron chi connectivity index (χ4n) is 3.08. The van der Waals surface area contributed by atoms with Crippen molar-refractivity contribution in [1.29, 1.82) is 5.26 Å². The lowest BCUT2D eigenvalue weighted by Crippen LogP contribution is -2.42. The van der Waals surface area contributed by atoms with Crippen LogP contribution in [-0.2, 0) is 27.2 Å². The van der Waals surface area contributed by atoms with E-state index in [0.717, 1.165) is 18.4 Å². The SMILES string of the molecule is CCOC(=O)CC(=O)NNC(=O)c1cnc(NC2Cc3ccc(C#N)cc3C2)nc1. The summed E-state index contributed by atoms with van der Waals surface area (Å²) in [5.74, 6) is -1.62. The summed E-state index contributed by atoms with van der Waals surface area (Å²) in [7, 11) is 0. The van der Waals surface area contributed by atoms with Crippen LogP contribution >= 0.6 is 0 Å². The number of aromatic nitrogens is 2. The number of hydrazine groups is 1. The quantitative estimate of drug-likeness (QED) is 0.359. The Hall–Kier alpha value is -4.00. The lowest BCUT2D eigenvalue weighted by molar-refractivity contribution is -0.146. The Labute approximate surface area is 172 Å². The Balaban J connectivity index is 1.49. The summed E-state index contributed by atoms with van der Waals surface area (Å²) < 4.78 is 4.65. The fourth-order valence-corrected chi connectivity index (χ4v) is 3.08. The van der Waals surface area contributed by atoms with Crippen LogP contribution < -0.4 is 16.2 Å². The summed E-state index contributed by atoms with van der Waals surface area (Å²) in [6, 6.07) is 7.88. The van der Waals surface area contributed by atoms with Crippen LogP contribution in [0.15, 0.2) is 30.6 Å². The predicted octanol–water partition coefficient (Wildman–Crippen LogP) is 0.642. The molecule has 0 bridgehead atoms. The summed E-state index contributed by atoms with van der Waals surface area (Å²) in [5.41, 5.74) is 7.40. The Morgan fingerprint density at radius 2 is 1.90 bits per heavy atom. The number of nitriles is 1. The van der Waals surface area contributed by atoms with Gasteiger partial charge in [0.1, 0.15) is 6.42 Å². The molecule has 1 aromatic heterocycles. The first-order valence-corrected chi connectivity index (χ1v) is 9.33. The van der Waals surface area contributed by atoms with E-state index in [9.17, 15) is 14.4 Å². The third-order valence-electron chi connectivity index (χ3n) is 4.44. The second-order valence-electron chi connectivity index (χ2n) is 6.62. The summed E-state index contributed by atoms with van der Waals surface area (Å²) in [5, 5.41) is 12.2. The molecule has 0 spiro atoms. The van der Waals surface area contributed by atoms with Gasteiger partial charge in [-0.25, -0.2) is 9.97 Å². The number of rotatable bonds is 6. The minimum absolute atomic E-state index is 0.0933. The van der Waals surface area contributed by atoms with Crippen molar-refractivity contribution in [3.8, 4) is 6.07 Å². The predicted molar refractivity (Wildman–Crippen MR) is 105 cm³/mol. The number of amides is 2. The number of esters is 1. The normalized spacial score (nSPS) is 14.2. The molecular formula is C20H20N6O4. The molecule has 0 aliphatic heterocycles. The van der Waals surface area contributed by atoms with E-state index in [-0.39, 0.29) is 18.2 Å². The molecule has 154 valence electrons. The average Bonchev–Trinajstić information content (AvgIpc) is 3.14. The van der Waals surface area contributed by atoms with Crippen LogP contribution in [0.3, 0.4) is 0 Å². The minimum atomic E-state index is -0.693. The molecule has 3 rings (SSSR count). The molecular weight excluding hydrogens is 388 g/mol. The van der Waals surface area contributed by atoms with E-state index < -0.39 is 24.2 Å². The van der Waals surface area contributed by atoms with Gasteiger partial charge in [-0.15, -0.1) is 0 Å². The topological polar surface area (TPSA) is 146 Å². The molecule has 1 aromatic carbocycles. The molecule has 0 saturated heterocycles. The lowest BCUT2D eigenvalue weighted by Gasteiger charge is -2.12. The largest absolute Gasteiger partial charge is 0.466 e. The average molecular weight is 408 g/mol. The molecule has 1 aliphatic rings. The standard InChI is InChI=1S/C20H20N6O4/c1-2-30-18(28)8-17(27)25-26-19(29)15-10-22-20(23-11-15)24-16-6-13-4-3-12(9-21)5-14(13)7-16/h3-5,10-11,16H,2,6-8H2,1H3,(H,25,27)(H,26,29)(H,22,23,24). The fraction of sp³-hybridized carbons (Fsp3) is 0.300. The molecule has 3 N–H and O–H groups in total. The van der Waals surface area contributed by atoms with Crippen molar-refractivity contribution in [2.45, 2.75) is 32.2 Å². The van der Waals surface area contributed by atoms with Crippen LogP contribution in [0.4, 0.5) is 5.95 Å². The van der Waals surface area contributed by atoms with Gasteiger partial charge in [-0.3, -0.25) is 25.2 Å². The van der Waals surface area contributed by atoms with Crippen molar-refractivity contribution < 1.29 is 19.1 Å².